The van der Waals surface area contributed by atoms with Gasteiger partial charge in [0.25, 0.3) is 5.91 Å². The molecule has 1 aromatic heterocycles. The Kier molecular flexibility index (Phi) is 5.71. The second-order valence-electron chi connectivity index (χ2n) is 6.58. The second-order valence-corrected chi connectivity index (χ2v) is 7.01. The quantitative estimate of drug-likeness (QED) is 0.858. The zero-order chi connectivity index (χ0) is 17.8. The largest absolute Gasteiger partial charge is 0.347 e. The fraction of sp³-hybridized carbons (Fsp3) is 0.500. The van der Waals surface area contributed by atoms with Crippen molar-refractivity contribution in [1.29, 1.82) is 0 Å². The van der Waals surface area contributed by atoms with Crippen LogP contribution in [0.1, 0.15) is 42.9 Å². The van der Waals surface area contributed by atoms with Crippen LogP contribution in [0.15, 0.2) is 24.3 Å². The topological polar surface area (TPSA) is 71.8 Å². The normalized spacial score (nSPS) is 20.4. The van der Waals surface area contributed by atoms with E-state index in [1.165, 1.54) is 0 Å². The van der Waals surface area contributed by atoms with Gasteiger partial charge in [-0.1, -0.05) is 43.1 Å². The lowest BCUT2D eigenvalue weighted by atomic mass is 9.95. The molecule has 0 aliphatic carbocycles. The number of nitrogens with zero attached hydrogens (tertiary/aromatic N) is 3. The first-order chi connectivity index (χ1) is 12.1. The van der Waals surface area contributed by atoms with Gasteiger partial charge < -0.3 is 10.6 Å². The Bertz CT molecular complexity index is 745. The summed E-state index contributed by atoms with van der Waals surface area (Å²) in [5.41, 5.74) is 2.05. The lowest BCUT2D eigenvalue weighted by Crippen LogP contribution is -2.48. The van der Waals surface area contributed by atoms with Crippen molar-refractivity contribution in [3.63, 3.8) is 0 Å². The van der Waals surface area contributed by atoms with Gasteiger partial charge in [-0.3, -0.25) is 4.79 Å². The molecular formula is C18H24ClN5O. The van der Waals surface area contributed by atoms with Gasteiger partial charge in [0, 0.05) is 11.1 Å². The fourth-order valence-electron chi connectivity index (χ4n) is 3.22. The van der Waals surface area contributed by atoms with Crippen LogP contribution in [0.4, 0.5) is 0 Å². The summed E-state index contributed by atoms with van der Waals surface area (Å²) in [5, 5.41) is 15.5. The number of aromatic nitrogens is 3. The third kappa shape index (κ3) is 4.02. The molecule has 6 nitrogen and oxygen atoms in total. The number of halogens is 1. The Labute approximate surface area is 152 Å². The van der Waals surface area contributed by atoms with Gasteiger partial charge in [-0.25, -0.2) is 4.68 Å². The highest BCUT2D eigenvalue weighted by Crippen LogP contribution is 2.19. The Morgan fingerprint density at radius 1 is 1.48 bits per heavy atom. The van der Waals surface area contributed by atoms with Crippen molar-refractivity contribution in [2.45, 2.75) is 39.2 Å². The van der Waals surface area contributed by atoms with Crippen molar-refractivity contribution in [1.82, 2.24) is 25.6 Å². The fourth-order valence-corrected chi connectivity index (χ4v) is 3.40. The van der Waals surface area contributed by atoms with Crippen LogP contribution in [-0.4, -0.2) is 40.0 Å². The molecule has 2 aromatic rings. The smallest absolute Gasteiger partial charge is 0.274 e. The van der Waals surface area contributed by atoms with Gasteiger partial charge in [0.2, 0.25) is 0 Å². The van der Waals surface area contributed by atoms with Crippen molar-refractivity contribution >= 4 is 17.5 Å². The number of benzene rings is 1. The van der Waals surface area contributed by atoms with Crippen molar-refractivity contribution in [2.75, 3.05) is 13.1 Å². The highest BCUT2D eigenvalue weighted by atomic mass is 35.5. The first-order valence-electron chi connectivity index (χ1n) is 8.82. The summed E-state index contributed by atoms with van der Waals surface area (Å²) in [6, 6.07) is 7.58. The van der Waals surface area contributed by atoms with E-state index in [0.29, 0.717) is 16.6 Å². The molecular weight excluding hydrogens is 338 g/mol. The first kappa shape index (κ1) is 17.9. The molecule has 1 aromatic carbocycles. The van der Waals surface area contributed by atoms with Crippen LogP contribution in [-0.2, 0) is 6.42 Å². The zero-order valence-corrected chi connectivity index (χ0v) is 15.4. The van der Waals surface area contributed by atoms with Crippen LogP contribution in [0, 0.1) is 5.92 Å². The van der Waals surface area contributed by atoms with E-state index in [9.17, 15) is 4.79 Å². The molecule has 2 unspecified atom stereocenters. The molecule has 2 N–H and O–H groups in total. The molecule has 1 aliphatic heterocycles. The number of rotatable bonds is 5. The van der Waals surface area contributed by atoms with Gasteiger partial charge in [-0.15, -0.1) is 5.10 Å². The Hall–Kier alpha value is -1.92. The molecule has 2 atom stereocenters. The molecule has 25 heavy (non-hydrogen) atoms. The number of nitrogens with one attached hydrogen (secondary N) is 2. The lowest BCUT2D eigenvalue weighted by molar-refractivity contribution is 0.0908. The Morgan fingerprint density at radius 3 is 3.04 bits per heavy atom. The van der Waals surface area contributed by atoms with E-state index < -0.39 is 0 Å². The standard InChI is InChI=1S/C18H24ClN5O/c1-3-5-16-17(18(25)21-15-8-9-20-11-12(15)2)22-23-24(16)14-7-4-6-13(19)10-14/h4,6-7,10,12,15,20H,3,5,8-9,11H2,1-2H3,(H,21,25). The summed E-state index contributed by atoms with van der Waals surface area (Å²) in [6.07, 6.45) is 2.56. The molecule has 0 bridgehead atoms. The average Bonchev–Trinajstić information content (AvgIpc) is 3.01. The van der Waals surface area contributed by atoms with Gasteiger partial charge in [-0.2, -0.15) is 0 Å². The number of amides is 1. The van der Waals surface area contributed by atoms with Gasteiger partial charge >= 0.3 is 0 Å². The molecule has 1 amide bonds. The SMILES string of the molecule is CCCc1c(C(=O)NC2CCNCC2C)nnn1-c1cccc(Cl)c1. The summed E-state index contributed by atoms with van der Waals surface area (Å²) in [7, 11) is 0. The van der Waals surface area contributed by atoms with Gasteiger partial charge in [0.15, 0.2) is 5.69 Å². The average molecular weight is 362 g/mol. The van der Waals surface area contributed by atoms with Crippen LogP contribution in [0.25, 0.3) is 5.69 Å². The van der Waals surface area contributed by atoms with E-state index >= 15 is 0 Å². The molecule has 7 heteroatoms. The van der Waals surface area contributed by atoms with Crippen molar-refractivity contribution in [2.24, 2.45) is 5.92 Å². The van der Waals surface area contributed by atoms with Crippen LogP contribution in [0.3, 0.4) is 0 Å². The van der Waals surface area contributed by atoms with Crippen LogP contribution >= 0.6 is 11.6 Å². The predicted octanol–water partition coefficient (Wildman–Crippen LogP) is 2.60. The van der Waals surface area contributed by atoms with E-state index in [2.05, 4.69) is 34.8 Å². The van der Waals surface area contributed by atoms with Crippen molar-refractivity contribution in [3.05, 3.63) is 40.7 Å². The van der Waals surface area contributed by atoms with E-state index in [-0.39, 0.29) is 11.9 Å². The highest BCUT2D eigenvalue weighted by molar-refractivity contribution is 6.30. The predicted molar refractivity (Wildman–Crippen MR) is 98.3 cm³/mol. The van der Waals surface area contributed by atoms with Crippen LogP contribution in [0.5, 0.6) is 0 Å². The molecule has 1 aliphatic rings. The van der Waals surface area contributed by atoms with Gasteiger partial charge in [0.1, 0.15) is 0 Å². The van der Waals surface area contributed by atoms with Gasteiger partial charge in [-0.05, 0) is 50.0 Å². The molecule has 1 fully saturated rings. The van der Waals surface area contributed by atoms with E-state index in [1.807, 2.05) is 24.3 Å². The van der Waals surface area contributed by atoms with E-state index in [1.54, 1.807) is 4.68 Å². The van der Waals surface area contributed by atoms with Gasteiger partial charge in [0.05, 0.1) is 11.4 Å². The summed E-state index contributed by atoms with van der Waals surface area (Å²) in [5.74, 6) is 0.255. The number of hydrogen-bond donors (Lipinski definition) is 2. The molecule has 3 rings (SSSR count). The maximum atomic E-state index is 12.8. The van der Waals surface area contributed by atoms with E-state index in [4.69, 9.17) is 11.6 Å². The molecule has 134 valence electrons. The first-order valence-corrected chi connectivity index (χ1v) is 9.20. The third-order valence-electron chi connectivity index (χ3n) is 4.62. The Morgan fingerprint density at radius 2 is 2.32 bits per heavy atom. The van der Waals surface area contributed by atoms with E-state index in [0.717, 1.165) is 43.7 Å². The summed E-state index contributed by atoms with van der Waals surface area (Å²) in [6.45, 7) is 6.06. The van der Waals surface area contributed by atoms with Crippen LogP contribution < -0.4 is 10.6 Å². The molecule has 2 heterocycles. The Balaban J connectivity index is 1.87. The second kappa shape index (κ2) is 7.97. The number of carbonyl (C=O) groups is 1. The molecule has 0 saturated carbocycles. The number of piperidine rings is 1. The maximum Gasteiger partial charge on any atom is 0.274 e. The molecule has 0 radical (unpaired) electrons. The number of hydrogen-bond acceptors (Lipinski definition) is 4. The summed E-state index contributed by atoms with van der Waals surface area (Å²) < 4.78 is 1.72. The lowest BCUT2D eigenvalue weighted by Gasteiger charge is -2.30. The monoisotopic (exact) mass is 361 g/mol. The van der Waals surface area contributed by atoms with Crippen molar-refractivity contribution in [3.8, 4) is 5.69 Å². The number of carbonyl (C=O) groups excluding carboxylic acids is 1. The third-order valence-corrected chi connectivity index (χ3v) is 4.85. The molecule has 1 saturated heterocycles. The molecule has 0 spiro atoms. The van der Waals surface area contributed by atoms with Crippen LogP contribution in [0.2, 0.25) is 5.02 Å². The highest BCUT2D eigenvalue weighted by Gasteiger charge is 2.26. The summed E-state index contributed by atoms with van der Waals surface area (Å²) in [4.78, 5) is 12.8. The minimum absolute atomic E-state index is 0.143. The van der Waals surface area contributed by atoms with Crippen molar-refractivity contribution < 1.29 is 4.79 Å². The summed E-state index contributed by atoms with van der Waals surface area (Å²) >= 11 is 6.09. The zero-order valence-electron chi connectivity index (χ0n) is 14.6. The maximum absolute atomic E-state index is 12.8. The minimum atomic E-state index is -0.143. The minimum Gasteiger partial charge on any atom is -0.347 e.